The molecule has 0 bridgehead atoms. The minimum absolute atomic E-state index is 0.0289. The maximum atomic E-state index is 11.5. The lowest BCUT2D eigenvalue weighted by Gasteiger charge is -2.62. The zero-order valence-corrected chi connectivity index (χ0v) is 21.5. The first-order chi connectivity index (χ1) is 13.8. The van der Waals surface area contributed by atoms with E-state index in [2.05, 4.69) is 53.8 Å². The molecule has 0 saturated heterocycles. The number of nitriles is 1. The molecular weight excluding hydrogens is 386 g/mol. The fourth-order valence-electron chi connectivity index (χ4n) is 8.26. The van der Waals surface area contributed by atoms with Gasteiger partial charge in [-0.15, -0.1) is 0 Å². The number of hydrogen-bond donors (Lipinski definition) is 1. The smallest absolute Gasteiger partial charge is 0.192 e. The molecule has 0 aromatic rings. The Morgan fingerprint density at radius 3 is 2.37 bits per heavy atom. The monoisotopic (exact) mass is 431 g/mol. The van der Waals surface area contributed by atoms with Crippen LogP contribution in [0.1, 0.15) is 86.0 Å². The molecule has 0 aromatic carbocycles. The number of rotatable bonds is 2. The summed E-state index contributed by atoms with van der Waals surface area (Å²) in [5, 5.41) is 21.4. The maximum Gasteiger partial charge on any atom is 0.192 e. The molecular formula is C26H45NO2Si. The maximum absolute atomic E-state index is 11.5. The van der Waals surface area contributed by atoms with Gasteiger partial charge in [0.15, 0.2) is 8.32 Å². The van der Waals surface area contributed by atoms with E-state index in [1.165, 1.54) is 32.1 Å². The van der Waals surface area contributed by atoms with Crippen LogP contribution in [0, 0.1) is 51.8 Å². The molecule has 4 aliphatic carbocycles. The third-order valence-electron chi connectivity index (χ3n) is 11.0. The van der Waals surface area contributed by atoms with Crippen molar-refractivity contribution in [3.63, 3.8) is 0 Å². The van der Waals surface area contributed by atoms with E-state index >= 15 is 0 Å². The minimum atomic E-state index is -1.74. The van der Waals surface area contributed by atoms with Gasteiger partial charge in [0.25, 0.3) is 0 Å². The van der Waals surface area contributed by atoms with E-state index in [9.17, 15) is 10.4 Å². The molecule has 0 spiro atoms. The molecule has 30 heavy (non-hydrogen) atoms. The summed E-state index contributed by atoms with van der Waals surface area (Å²) in [6.45, 7) is 16.6. The Morgan fingerprint density at radius 1 is 1.03 bits per heavy atom. The third kappa shape index (κ3) is 3.34. The Balaban J connectivity index is 1.53. The Labute approximate surface area is 186 Å². The van der Waals surface area contributed by atoms with Crippen molar-refractivity contribution in [1.29, 1.82) is 5.26 Å². The van der Waals surface area contributed by atoms with Crippen LogP contribution in [0.15, 0.2) is 0 Å². The van der Waals surface area contributed by atoms with Crippen molar-refractivity contribution in [2.45, 2.75) is 116 Å². The number of aliphatic hydroxyl groups is 1. The van der Waals surface area contributed by atoms with E-state index in [-0.39, 0.29) is 27.9 Å². The van der Waals surface area contributed by atoms with Crippen LogP contribution in [0.3, 0.4) is 0 Å². The molecule has 0 aromatic heterocycles. The number of fused-ring (bicyclic) bond motifs is 5. The van der Waals surface area contributed by atoms with Gasteiger partial charge in [0.2, 0.25) is 0 Å². The Hall–Kier alpha value is -0.373. The molecule has 4 rings (SSSR count). The van der Waals surface area contributed by atoms with Gasteiger partial charge in [0.1, 0.15) is 0 Å². The zero-order chi connectivity index (χ0) is 22.1. The predicted octanol–water partition coefficient (Wildman–Crippen LogP) is 6.53. The van der Waals surface area contributed by atoms with Crippen LogP contribution in [0.4, 0.5) is 0 Å². The second kappa shape index (κ2) is 7.32. The van der Waals surface area contributed by atoms with E-state index in [0.29, 0.717) is 29.8 Å². The summed E-state index contributed by atoms with van der Waals surface area (Å²) in [6, 6.07) is 2.60. The highest BCUT2D eigenvalue weighted by atomic mass is 28.4. The molecule has 4 fully saturated rings. The van der Waals surface area contributed by atoms with Crippen molar-refractivity contribution in [3.8, 4) is 6.07 Å². The number of hydrogen-bond acceptors (Lipinski definition) is 3. The summed E-state index contributed by atoms with van der Waals surface area (Å²) >= 11 is 0. The van der Waals surface area contributed by atoms with Crippen molar-refractivity contribution in [1.82, 2.24) is 0 Å². The summed E-state index contributed by atoms with van der Waals surface area (Å²) in [5.41, 5.74) is 0.267. The van der Waals surface area contributed by atoms with Crippen molar-refractivity contribution in [3.05, 3.63) is 0 Å². The van der Waals surface area contributed by atoms with Gasteiger partial charge < -0.3 is 9.53 Å². The fraction of sp³-hybridized carbons (Fsp3) is 0.962. The average molecular weight is 432 g/mol. The molecule has 1 N–H and O–H groups in total. The van der Waals surface area contributed by atoms with Crippen LogP contribution in [0.2, 0.25) is 18.1 Å². The Bertz CT molecular complexity index is 709. The van der Waals surface area contributed by atoms with Crippen LogP contribution < -0.4 is 0 Å². The van der Waals surface area contributed by atoms with Gasteiger partial charge in [-0.1, -0.05) is 34.6 Å². The zero-order valence-electron chi connectivity index (χ0n) is 20.5. The molecule has 4 aliphatic rings. The third-order valence-corrected chi connectivity index (χ3v) is 15.5. The highest BCUT2D eigenvalue weighted by Crippen LogP contribution is 2.67. The van der Waals surface area contributed by atoms with Crippen LogP contribution in [-0.2, 0) is 4.43 Å². The van der Waals surface area contributed by atoms with E-state index in [0.717, 1.165) is 19.3 Å². The van der Waals surface area contributed by atoms with E-state index in [1.54, 1.807) is 0 Å². The molecule has 170 valence electrons. The van der Waals surface area contributed by atoms with Crippen LogP contribution >= 0.6 is 0 Å². The van der Waals surface area contributed by atoms with E-state index < -0.39 is 8.32 Å². The molecule has 0 radical (unpaired) electrons. The molecule has 4 saturated carbocycles. The topological polar surface area (TPSA) is 53.2 Å². The van der Waals surface area contributed by atoms with Crippen LogP contribution in [0.25, 0.3) is 0 Å². The van der Waals surface area contributed by atoms with Crippen molar-refractivity contribution < 1.29 is 9.53 Å². The first-order valence-corrected chi connectivity index (χ1v) is 15.5. The molecule has 0 aliphatic heterocycles. The lowest BCUT2D eigenvalue weighted by molar-refractivity contribution is -0.174. The Morgan fingerprint density at radius 2 is 1.73 bits per heavy atom. The summed E-state index contributed by atoms with van der Waals surface area (Å²) in [4.78, 5) is 0. The standard InChI is InChI=1S/C26H45NO2Si/c1-24(2,3)30(6,7)29-19-12-13-25(4)17(14-19)8-10-20-21-11-9-18(16-27)26(21,5)15-22(28)23(20)25/h17-23,28H,8-15H2,1-7H3/t17-,18+,19?,20-,21-,22-,23+,25-,26+/m0/s1. The van der Waals surface area contributed by atoms with Crippen molar-refractivity contribution in [2.24, 2.45) is 40.4 Å². The summed E-state index contributed by atoms with van der Waals surface area (Å²) in [5.74, 6) is 2.47. The SMILES string of the molecule is CC(C)(C)[Si](C)(C)OC1CC[C@@]2(C)[C@@H](CC[C@@H]3[C@@H]2[C@@H](O)C[C@]2(C)[C@@H](C#N)CC[C@@H]32)C1. The van der Waals surface area contributed by atoms with Gasteiger partial charge in [0, 0.05) is 6.10 Å². The van der Waals surface area contributed by atoms with Gasteiger partial charge in [-0.2, -0.15) is 5.26 Å². The van der Waals surface area contributed by atoms with E-state index in [4.69, 9.17) is 4.43 Å². The summed E-state index contributed by atoms with van der Waals surface area (Å²) < 4.78 is 6.85. The predicted molar refractivity (Wildman–Crippen MR) is 124 cm³/mol. The highest BCUT2D eigenvalue weighted by molar-refractivity contribution is 6.74. The molecule has 9 atom stereocenters. The summed E-state index contributed by atoms with van der Waals surface area (Å²) in [6.07, 6.45) is 9.29. The number of nitrogens with zero attached hydrogens (tertiary/aromatic N) is 1. The molecule has 0 amide bonds. The Kier molecular flexibility index (Phi) is 5.57. The molecule has 1 unspecified atom stereocenters. The average Bonchev–Trinajstić information content (AvgIpc) is 2.96. The van der Waals surface area contributed by atoms with Crippen molar-refractivity contribution in [2.75, 3.05) is 0 Å². The normalized spacial score (nSPS) is 49.0. The second-order valence-corrected chi connectivity index (χ2v) is 18.1. The largest absolute Gasteiger partial charge is 0.414 e. The summed E-state index contributed by atoms with van der Waals surface area (Å²) in [7, 11) is -1.74. The van der Waals surface area contributed by atoms with E-state index in [1.807, 2.05) is 0 Å². The van der Waals surface area contributed by atoms with Gasteiger partial charge in [-0.3, -0.25) is 0 Å². The van der Waals surface area contributed by atoms with Gasteiger partial charge in [0.05, 0.1) is 18.1 Å². The van der Waals surface area contributed by atoms with Gasteiger partial charge in [-0.05, 0) is 104 Å². The van der Waals surface area contributed by atoms with Crippen LogP contribution in [0.5, 0.6) is 0 Å². The molecule has 0 heterocycles. The fourth-order valence-corrected chi connectivity index (χ4v) is 9.66. The second-order valence-electron chi connectivity index (χ2n) is 13.4. The number of aliphatic hydroxyl groups excluding tert-OH is 1. The minimum Gasteiger partial charge on any atom is -0.414 e. The molecule has 4 heteroatoms. The van der Waals surface area contributed by atoms with Gasteiger partial charge >= 0.3 is 0 Å². The van der Waals surface area contributed by atoms with Crippen molar-refractivity contribution >= 4 is 8.32 Å². The highest BCUT2D eigenvalue weighted by Gasteiger charge is 2.63. The van der Waals surface area contributed by atoms with Gasteiger partial charge in [-0.25, -0.2) is 0 Å². The molecule has 3 nitrogen and oxygen atoms in total. The quantitative estimate of drug-likeness (QED) is 0.506. The van der Waals surface area contributed by atoms with Crippen LogP contribution in [-0.4, -0.2) is 25.6 Å². The first kappa shape index (κ1) is 22.8. The lowest BCUT2D eigenvalue weighted by atomic mass is 9.44. The lowest BCUT2D eigenvalue weighted by Crippen LogP contribution is -2.59. The first-order valence-electron chi connectivity index (χ1n) is 12.6.